The zero-order chi connectivity index (χ0) is 12.5. The lowest BCUT2D eigenvalue weighted by Gasteiger charge is -2.22. The second-order valence-corrected chi connectivity index (χ2v) is 6.61. The van der Waals surface area contributed by atoms with Crippen LogP contribution in [0.4, 0.5) is 5.69 Å². The van der Waals surface area contributed by atoms with Crippen molar-refractivity contribution >= 4 is 21.6 Å². The van der Waals surface area contributed by atoms with E-state index in [-0.39, 0.29) is 0 Å². The number of anilines is 1. The van der Waals surface area contributed by atoms with Gasteiger partial charge in [0.25, 0.3) is 0 Å². The van der Waals surface area contributed by atoms with Crippen molar-refractivity contribution in [2.24, 2.45) is 17.8 Å². The lowest BCUT2D eigenvalue weighted by atomic mass is 9.89. The Morgan fingerprint density at radius 3 is 2.83 bits per heavy atom. The molecule has 2 nitrogen and oxygen atoms in total. The van der Waals surface area contributed by atoms with Crippen LogP contribution in [0, 0.1) is 17.8 Å². The molecule has 1 N–H and O–H groups in total. The predicted molar refractivity (Wildman–Crippen MR) is 78.1 cm³/mol. The summed E-state index contributed by atoms with van der Waals surface area (Å²) in [6, 6.07) is 6.18. The molecule has 0 amide bonds. The number of ether oxygens (including phenoxy) is 1. The van der Waals surface area contributed by atoms with Crippen molar-refractivity contribution < 1.29 is 4.74 Å². The second kappa shape index (κ2) is 5.12. The number of halogens is 1. The Kier molecular flexibility index (Phi) is 3.51. The Hall–Kier alpha value is -0.700. The van der Waals surface area contributed by atoms with Crippen molar-refractivity contribution in [2.75, 3.05) is 19.0 Å². The molecule has 3 heteroatoms. The van der Waals surface area contributed by atoms with Gasteiger partial charge in [-0.3, -0.25) is 0 Å². The van der Waals surface area contributed by atoms with E-state index in [9.17, 15) is 0 Å². The maximum absolute atomic E-state index is 5.29. The van der Waals surface area contributed by atoms with Crippen LogP contribution in [0.3, 0.4) is 0 Å². The van der Waals surface area contributed by atoms with Crippen LogP contribution >= 0.6 is 15.9 Å². The first-order valence-electron chi connectivity index (χ1n) is 6.83. The van der Waals surface area contributed by atoms with E-state index in [1.54, 1.807) is 7.11 Å². The molecule has 0 aliphatic heterocycles. The van der Waals surface area contributed by atoms with Gasteiger partial charge in [-0.05, 0) is 49.1 Å². The van der Waals surface area contributed by atoms with Crippen LogP contribution in [0.25, 0.3) is 0 Å². The van der Waals surface area contributed by atoms with Crippen LogP contribution in [0.15, 0.2) is 22.7 Å². The molecule has 2 aliphatic rings. The lowest BCUT2D eigenvalue weighted by molar-refractivity contribution is 0.348. The van der Waals surface area contributed by atoms with Crippen LogP contribution in [0.1, 0.15) is 25.7 Å². The third-order valence-electron chi connectivity index (χ3n) is 4.56. The van der Waals surface area contributed by atoms with E-state index in [0.29, 0.717) is 0 Å². The molecule has 3 atom stereocenters. The minimum atomic E-state index is 0.883. The average molecular weight is 310 g/mol. The SMILES string of the molecule is COc1cc(Br)cc(NCC2CC3CCC2C3)c1. The van der Waals surface area contributed by atoms with E-state index in [1.807, 2.05) is 6.07 Å². The van der Waals surface area contributed by atoms with Crippen LogP contribution in [-0.4, -0.2) is 13.7 Å². The summed E-state index contributed by atoms with van der Waals surface area (Å²) in [5.41, 5.74) is 1.16. The van der Waals surface area contributed by atoms with Gasteiger partial charge >= 0.3 is 0 Å². The van der Waals surface area contributed by atoms with Crippen molar-refractivity contribution in [3.8, 4) is 5.75 Å². The van der Waals surface area contributed by atoms with Gasteiger partial charge in [-0.1, -0.05) is 22.4 Å². The van der Waals surface area contributed by atoms with Crippen molar-refractivity contribution in [1.82, 2.24) is 0 Å². The Bertz CT molecular complexity index is 435. The Morgan fingerprint density at radius 1 is 1.28 bits per heavy atom. The van der Waals surface area contributed by atoms with E-state index in [0.717, 1.165) is 40.2 Å². The molecule has 0 heterocycles. The highest BCUT2D eigenvalue weighted by molar-refractivity contribution is 9.10. The van der Waals surface area contributed by atoms with E-state index >= 15 is 0 Å². The third-order valence-corrected chi connectivity index (χ3v) is 5.02. The summed E-state index contributed by atoms with van der Waals surface area (Å²) in [4.78, 5) is 0. The zero-order valence-electron chi connectivity index (χ0n) is 10.8. The van der Waals surface area contributed by atoms with E-state index in [1.165, 1.54) is 25.7 Å². The van der Waals surface area contributed by atoms with Crippen LogP contribution in [0.2, 0.25) is 0 Å². The third kappa shape index (κ3) is 2.51. The molecule has 1 aromatic rings. The molecular weight excluding hydrogens is 290 g/mol. The minimum Gasteiger partial charge on any atom is -0.497 e. The van der Waals surface area contributed by atoms with Gasteiger partial charge in [0.15, 0.2) is 0 Å². The molecule has 2 saturated carbocycles. The summed E-state index contributed by atoms with van der Waals surface area (Å²) in [6.07, 6.45) is 5.85. The summed E-state index contributed by atoms with van der Waals surface area (Å²) in [7, 11) is 1.71. The first-order valence-corrected chi connectivity index (χ1v) is 7.62. The Labute approximate surface area is 117 Å². The molecule has 3 unspecified atom stereocenters. The van der Waals surface area contributed by atoms with Crippen LogP contribution < -0.4 is 10.1 Å². The molecular formula is C15H20BrNO. The van der Waals surface area contributed by atoms with E-state index in [4.69, 9.17) is 4.74 Å². The van der Waals surface area contributed by atoms with Crippen molar-refractivity contribution in [3.63, 3.8) is 0 Å². The molecule has 0 aromatic heterocycles. The van der Waals surface area contributed by atoms with E-state index in [2.05, 4.69) is 33.4 Å². The number of nitrogens with one attached hydrogen (secondary N) is 1. The predicted octanol–water partition coefficient (Wildman–Crippen LogP) is 4.31. The van der Waals surface area contributed by atoms with Crippen molar-refractivity contribution in [2.45, 2.75) is 25.7 Å². The maximum Gasteiger partial charge on any atom is 0.122 e. The first kappa shape index (κ1) is 12.3. The molecule has 2 bridgehead atoms. The Morgan fingerprint density at radius 2 is 2.17 bits per heavy atom. The van der Waals surface area contributed by atoms with Gasteiger partial charge in [-0.15, -0.1) is 0 Å². The number of fused-ring (bicyclic) bond motifs is 2. The molecule has 0 spiro atoms. The van der Waals surface area contributed by atoms with Gasteiger partial charge in [-0.25, -0.2) is 0 Å². The summed E-state index contributed by atoms with van der Waals surface area (Å²) >= 11 is 3.52. The molecule has 2 fully saturated rings. The van der Waals surface area contributed by atoms with Gasteiger partial charge in [-0.2, -0.15) is 0 Å². The standard InChI is InChI=1S/C15H20BrNO/c1-18-15-7-13(16)6-14(8-15)17-9-12-5-10-2-3-11(12)4-10/h6-8,10-12,17H,2-5,9H2,1H3. The Balaban J connectivity index is 1.61. The van der Waals surface area contributed by atoms with Crippen LogP contribution in [0.5, 0.6) is 5.75 Å². The normalized spacial score (nSPS) is 29.6. The summed E-state index contributed by atoms with van der Waals surface area (Å²) in [5, 5.41) is 3.58. The second-order valence-electron chi connectivity index (χ2n) is 5.70. The number of methoxy groups -OCH3 is 1. The molecule has 98 valence electrons. The summed E-state index contributed by atoms with van der Waals surface area (Å²) in [6.45, 7) is 1.11. The molecule has 3 rings (SSSR count). The molecule has 1 aromatic carbocycles. The van der Waals surface area contributed by atoms with Gasteiger partial charge in [0, 0.05) is 22.8 Å². The highest BCUT2D eigenvalue weighted by Gasteiger charge is 2.38. The molecule has 0 saturated heterocycles. The summed E-state index contributed by atoms with van der Waals surface area (Å²) < 4.78 is 6.35. The van der Waals surface area contributed by atoms with Gasteiger partial charge in [0.2, 0.25) is 0 Å². The van der Waals surface area contributed by atoms with Crippen molar-refractivity contribution in [3.05, 3.63) is 22.7 Å². The highest BCUT2D eigenvalue weighted by Crippen LogP contribution is 2.48. The fraction of sp³-hybridized carbons (Fsp3) is 0.600. The highest BCUT2D eigenvalue weighted by atomic mass is 79.9. The molecule has 18 heavy (non-hydrogen) atoms. The quantitative estimate of drug-likeness (QED) is 0.895. The van der Waals surface area contributed by atoms with E-state index < -0.39 is 0 Å². The number of benzene rings is 1. The topological polar surface area (TPSA) is 21.3 Å². The smallest absolute Gasteiger partial charge is 0.122 e. The van der Waals surface area contributed by atoms with Gasteiger partial charge in [0.1, 0.15) is 5.75 Å². The molecule has 0 radical (unpaired) electrons. The fourth-order valence-electron chi connectivity index (χ4n) is 3.66. The maximum atomic E-state index is 5.29. The summed E-state index contributed by atoms with van der Waals surface area (Å²) in [5.74, 6) is 3.80. The largest absolute Gasteiger partial charge is 0.497 e. The van der Waals surface area contributed by atoms with Gasteiger partial charge in [0.05, 0.1) is 7.11 Å². The number of hydrogen-bond acceptors (Lipinski definition) is 2. The monoisotopic (exact) mass is 309 g/mol. The average Bonchev–Trinajstić information content (AvgIpc) is 2.97. The number of rotatable bonds is 4. The molecule has 2 aliphatic carbocycles. The van der Waals surface area contributed by atoms with Crippen molar-refractivity contribution in [1.29, 1.82) is 0 Å². The first-order chi connectivity index (χ1) is 8.74. The van der Waals surface area contributed by atoms with Gasteiger partial charge < -0.3 is 10.1 Å². The fourth-order valence-corrected chi connectivity index (χ4v) is 4.13. The minimum absolute atomic E-state index is 0.883. The number of hydrogen-bond donors (Lipinski definition) is 1. The zero-order valence-corrected chi connectivity index (χ0v) is 12.4. The van der Waals surface area contributed by atoms with Crippen LogP contribution in [-0.2, 0) is 0 Å². The lowest BCUT2D eigenvalue weighted by Crippen LogP contribution is -2.20.